The Morgan fingerprint density at radius 2 is 2.04 bits per heavy atom. The molecule has 0 radical (unpaired) electrons. The summed E-state index contributed by atoms with van der Waals surface area (Å²) in [5.74, 6) is 0.734. The van der Waals surface area contributed by atoms with E-state index in [9.17, 15) is 14.9 Å². The number of nitrogens with zero attached hydrogens (tertiary/aromatic N) is 2. The van der Waals surface area contributed by atoms with E-state index >= 15 is 0 Å². The molecule has 0 unspecified atom stereocenters. The Kier molecular flexibility index (Phi) is 6.26. The largest absolute Gasteiger partial charge is 0.493 e. The summed E-state index contributed by atoms with van der Waals surface area (Å²) in [6.45, 7) is 0.226. The lowest BCUT2D eigenvalue weighted by Gasteiger charge is -2.14. The Labute approximate surface area is 180 Å². The van der Waals surface area contributed by atoms with Gasteiger partial charge in [0.05, 0.1) is 27.2 Å². The number of amides is 2. The molecule has 1 saturated heterocycles. The minimum Gasteiger partial charge on any atom is -0.493 e. The number of hydrogen-bond acceptors (Lipinski definition) is 6. The smallest absolute Gasteiger partial charge is 0.293 e. The number of thioether (sulfide) groups is 1. The maximum absolute atomic E-state index is 12.1. The highest BCUT2D eigenvalue weighted by molar-refractivity contribution is 14.1. The number of ether oxygens (including phenoxy) is 2. The number of hydrogen-bond donors (Lipinski definition) is 0. The average molecular weight is 506 g/mol. The number of carbonyl (C=O) groups excluding carboxylic acids is 2. The van der Waals surface area contributed by atoms with E-state index in [0.717, 1.165) is 31.4 Å². The summed E-state index contributed by atoms with van der Waals surface area (Å²) in [7, 11) is 2.99. The molecule has 142 valence electrons. The molecular weight excluding hydrogens is 491 g/mol. The van der Waals surface area contributed by atoms with Crippen molar-refractivity contribution in [1.82, 2.24) is 4.90 Å². The fraction of sp³-hybridized carbons (Fsp3) is 0.150. The van der Waals surface area contributed by atoms with Crippen LogP contribution in [0.5, 0.6) is 11.5 Å². The van der Waals surface area contributed by atoms with Crippen LogP contribution in [0.2, 0.25) is 0 Å². The SMILES string of the molecule is COc1cc(/C=C2\SC(=O)N(C)C2=O)cc(I)c1OCc1ccccc1C#N. The number of halogens is 1. The maximum atomic E-state index is 12.1. The first-order chi connectivity index (χ1) is 13.4. The molecule has 2 aromatic carbocycles. The highest BCUT2D eigenvalue weighted by Gasteiger charge is 2.31. The molecule has 28 heavy (non-hydrogen) atoms. The van der Waals surface area contributed by atoms with Gasteiger partial charge in [-0.15, -0.1) is 0 Å². The van der Waals surface area contributed by atoms with Gasteiger partial charge in [-0.2, -0.15) is 5.26 Å². The van der Waals surface area contributed by atoms with Crippen LogP contribution in [-0.4, -0.2) is 30.2 Å². The molecule has 1 aliphatic heterocycles. The van der Waals surface area contributed by atoms with Crippen molar-refractivity contribution in [3.63, 3.8) is 0 Å². The summed E-state index contributed by atoms with van der Waals surface area (Å²) in [5, 5.41) is 8.91. The van der Waals surface area contributed by atoms with Crippen LogP contribution in [0.1, 0.15) is 16.7 Å². The van der Waals surface area contributed by atoms with E-state index < -0.39 is 0 Å². The molecule has 0 bridgehead atoms. The van der Waals surface area contributed by atoms with Crippen LogP contribution in [0.15, 0.2) is 41.3 Å². The molecule has 0 N–H and O–H groups in total. The van der Waals surface area contributed by atoms with Crippen molar-refractivity contribution in [2.24, 2.45) is 0 Å². The first kappa shape index (κ1) is 20.2. The van der Waals surface area contributed by atoms with Crippen molar-refractivity contribution in [2.75, 3.05) is 14.2 Å². The van der Waals surface area contributed by atoms with Gasteiger partial charge in [-0.3, -0.25) is 14.5 Å². The van der Waals surface area contributed by atoms with Crippen LogP contribution in [0.4, 0.5) is 4.79 Å². The van der Waals surface area contributed by atoms with Crippen LogP contribution < -0.4 is 9.47 Å². The minimum atomic E-state index is -0.322. The summed E-state index contributed by atoms with van der Waals surface area (Å²) in [6.07, 6.45) is 1.66. The molecule has 0 spiro atoms. The molecule has 6 nitrogen and oxygen atoms in total. The molecule has 0 saturated carbocycles. The number of nitriles is 1. The summed E-state index contributed by atoms with van der Waals surface area (Å²) in [4.78, 5) is 25.2. The lowest BCUT2D eigenvalue weighted by molar-refractivity contribution is -0.121. The quantitative estimate of drug-likeness (QED) is 0.442. The van der Waals surface area contributed by atoms with Crippen LogP contribution in [0, 0.1) is 14.9 Å². The normalized spacial score (nSPS) is 15.1. The van der Waals surface area contributed by atoms with E-state index in [0.29, 0.717) is 22.0 Å². The second-order valence-corrected chi connectivity index (χ2v) is 7.99. The fourth-order valence-corrected chi connectivity index (χ4v) is 4.17. The summed E-state index contributed by atoms with van der Waals surface area (Å²) < 4.78 is 12.2. The molecule has 0 atom stereocenters. The van der Waals surface area contributed by atoms with Crippen molar-refractivity contribution in [3.05, 3.63) is 61.6 Å². The van der Waals surface area contributed by atoms with Gasteiger partial charge in [0.25, 0.3) is 11.1 Å². The third-order valence-corrected chi connectivity index (χ3v) is 5.81. The third-order valence-electron chi connectivity index (χ3n) is 4.05. The molecule has 1 fully saturated rings. The molecular formula is C20H15IN2O4S. The zero-order valence-corrected chi connectivity index (χ0v) is 18.0. The van der Waals surface area contributed by atoms with Crippen molar-refractivity contribution < 1.29 is 19.1 Å². The topological polar surface area (TPSA) is 79.6 Å². The molecule has 1 aliphatic rings. The number of imide groups is 1. The lowest BCUT2D eigenvalue weighted by Crippen LogP contribution is -2.22. The Hall–Kier alpha value is -2.51. The number of benzene rings is 2. The maximum Gasteiger partial charge on any atom is 0.293 e. The van der Waals surface area contributed by atoms with Gasteiger partial charge < -0.3 is 9.47 Å². The predicted molar refractivity (Wildman–Crippen MR) is 115 cm³/mol. The number of carbonyl (C=O) groups is 2. The van der Waals surface area contributed by atoms with Crippen molar-refractivity contribution in [3.8, 4) is 17.6 Å². The van der Waals surface area contributed by atoms with E-state index in [1.165, 1.54) is 14.2 Å². The number of methoxy groups -OCH3 is 1. The van der Waals surface area contributed by atoms with Gasteiger partial charge in [0.2, 0.25) is 0 Å². The van der Waals surface area contributed by atoms with Gasteiger partial charge >= 0.3 is 0 Å². The Morgan fingerprint density at radius 3 is 2.68 bits per heavy atom. The van der Waals surface area contributed by atoms with E-state index in [1.807, 2.05) is 18.2 Å². The molecule has 3 rings (SSSR count). The van der Waals surface area contributed by atoms with Crippen molar-refractivity contribution in [1.29, 1.82) is 5.26 Å². The first-order valence-corrected chi connectivity index (χ1v) is 10.0. The number of rotatable bonds is 5. The standard InChI is InChI=1S/C20H15IN2O4S/c1-23-19(24)17(28-20(23)25)9-12-7-15(21)18(16(8-12)26-2)27-11-14-6-4-3-5-13(14)10-22/h3-9H,11H2,1-2H3/b17-9-. The van der Waals surface area contributed by atoms with Gasteiger partial charge in [-0.1, -0.05) is 18.2 Å². The Bertz CT molecular complexity index is 1030. The molecule has 2 aromatic rings. The highest BCUT2D eigenvalue weighted by Crippen LogP contribution is 2.37. The molecule has 8 heteroatoms. The third kappa shape index (κ3) is 4.15. The van der Waals surface area contributed by atoms with Crippen LogP contribution >= 0.6 is 34.4 Å². The first-order valence-electron chi connectivity index (χ1n) is 8.14. The van der Waals surface area contributed by atoms with E-state index in [-0.39, 0.29) is 17.8 Å². The Morgan fingerprint density at radius 1 is 1.29 bits per heavy atom. The second-order valence-electron chi connectivity index (χ2n) is 5.83. The summed E-state index contributed by atoms with van der Waals surface area (Å²) in [6, 6.07) is 13.0. The van der Waals surface area contributed by atoms with Crippen molar-refractivity contribution >= 4 is 51.6 Å². The van der Waals surface area contributed by atoms with Gasteiger partial charge in [0, 0.05) is 12.6 Å². The average Bonchev–Trinajstić information content (AvgIpc) is 2.93. The van der Waals surface area contributed by atoms with E-state index in [4.69, 9.17) is 9.47 Å². The van der Waals surface area contributed by atoms with E-state index in [1.54, 1.807) is 24.3 Å². The van der Waals surface area contributed by atoms with Gasteiger partial charge in [-0.25, -0.2) is 0 Å². The molecule has 2 amide bonds. The highest BCUT2D eigenvalue weighted by atomic mass is 127. The van der Waals surface area contributed by atoms with Gasteiger partial charge in [0.15, 0.2) is 11.5 Å². The van der Waals surface area contributed by atoms with Crippen LogP contribution in [0.3, 0.4) is 0 Å². The molecule has 0 aromatic heterocycles. The minimum absolute atomic E-state index is 0.226. The zero-order chi connectivity index (χ0) is 20.3. The van der Waals surface area contributed by atoms with E-state index in [2.05, 4.69) is 28.7 Å². The van der Waals surface area contributed by atoms with Crippen LogP contribution in [-0.2, 0) is 11.4 Å². The van der Waals surface area contributed by atoms with Crippen LogP contribution in [0.25, 0.3) is 6.08 Å². The molecule has 0 aliphatic carbocycles. The monoisotopic (exact) mass is 506 g/mol. The van der Waals surface area contributed by atoms with Gasteiger partial charge in [0.1, 0.15) is 6.61 Å². The summed E-state index contributed by atoms with van der Waals surface area (Å²) >= 11 is 3.03. The Balaban J connectivity index is 1.87. The second kappa shape index (κ2) is 8.67. The van der Waals surface area contributed by atoms with Gasteiger partial charge in [-0.05, 0) is 64.2 Å². The number of likely N-dealkylation sites (N-methyl/N-ethyl adjacent to an activating group) is 1. The predicted octanol–water partition coefficient (Wildman–Crippen LogP) is 4.42. The van der Waals surface area contributed by atoms with Crippen molar-refractivity contribution in [2.45, 2.75) is 6.61 Å². The summed E-state index contributed by atoms with van der Waals surface area (Å²) in [5.41, 5.74) is 2.07. The zero-order valence-electron chi connectivity index (χ0n) is 15.1. The molecule has 1 heterocycles. The fourth-order valence-electron chi connectivity index (χ4n) is 2.57. The lowest BCUT2D eigenvalue weighted by atomic mass is 10.1.